The minimum Gasteiger partial charge on any atom is -0.369 e. The minimum atomic E-state index is 0.492. The fourth-order valence-electron chi connectivity index (χ4n) is 2.33. The second-order valence-electron chi connectivity index (χ2n) is 4.57. The third-order valence-corrected chi connectivity index (χ3v) is 3.38. The molecule has 0 saturated heterocycles. The summed E-state index contributed by atoms with van der Waals surface area (Å²) in [4.78, 5) is 4.38. The summed E-state index contributed by atoms with van der Waals surface area (Å²) >= 11 is 6.00. The summed E-state index contributed by atoms with van der Waals surface area (Å²) in [5.41, 5.74) is 9.74. The zero-order valence-electron chi connectivity index (χ0n) is 10.8. The van der Waals surface area contributed by atoms with Gasteiger partial charge in [-0.1, -0.05) is 23.7 Å². The number of aromatic nitrogens is 4. The highest BCUT2D eigenvalue weighted by atomic mass is 35.5. The lowest BCUT2D eigenvalue weighted by Gasteiger charge is -2.07. The van der Waals surface area contributed by atoms with Crippen LogP contribution in [0, 0.1) is 6.92 Å². The molecular formula is C13H14ClN5. The number of fused-ring (bicyclic) bond motifs is 1. The number of anilines is 1. The predicted octanol–water partition coefficient (Wildman–Crippen LogP) is 2.36. The predicted molar refractivity (Wildman–Crippen MR) is 76.2 cm³/mol. The van der Waals surface area contributed by atoms with Crippen LogP contribution in [-0.2, 0) is 13.6 Å². The Hall–Kier alpha value is -2.01. The minimum absolute atomic E-state index is 0.492. The van der Waals surface area contributed by atoms with Crippen molar-refractivity contribution in [1.29, 1.82) is 0 Å². The second kappa shape index (κ2) is 4.28. The van der Waals surface area contributed by atoms with E-state index in [1.54, 1.807) is 4.68 Å². The molecule has 0 unspecified atom stereocenters. The number of hydrogen-bond donors (Lipinski definition) is 1. The number of nitrogens with two attached hydrogens (primary N) is 1. The first kappa shape index (κ1) is 12.0. The molecule has 0 bridgehead atoms. The van der Waals surface area contributed by atoms with Gasteiger partial charge in [0.1, 0.15) is 5.52 Å². The van der Waals surface area contributed by atoms with Gasteiger partial charge in [0.25, 0.3) is 0 Å². The van der Waals surface area contributed by atoms with Crippen LogP contribution in [0.25, 0.3) is 11.2 Å². The van der Waals surface area contributed by atoms with Crippen LogP contribution in [0.1, 0.15) is 11.3 Å². The van der Waals surface area contributed by atoms with Gasteiger partial charge in [-0.15, -0.1) is 0 Å². The fraction of sp³-hybridized carbons (Fsp3) is 0.231. The van der Waals surface area contributed by atoms with Gasteiger partial charge >= 0.3 is 0 Å². The maximum absolute atomic E-state index is 6.00. The average molecular weight is 276 g/mol. The summed E-state index contributed by atoms with van der Waals surface area (Å²) in [6, 6.07) is 7.72. The molecule has 2 heterocycles. The second-order valence-corrected chi connectivity index (χ2v) is 5.00. The summed E-state index contributed by atoms with van der Waals surface area (Å²) in [5, 5.41) is 5.08. The summed E-state index contributed by atoms with van der Waals surface area (Å²) in [6.07, 6.45) is 0. The monoisotopic (exact) mass is 275 g/mol. The van der Waals surface area contributed by atoms with Crippen LogP contribution >= 0.6 is 11.6 Å². The molecule has 0 fully saturated rings. The molecule has 2 N–H and O–H groups in total. The van der Waals surface area contributed by atoms with Gasteiger partial charge in [-0.05, 0) is 24.6 Å². The zero-order chi connectivity index (χ0) is 13.6. The topological polar surface area (TPSA) is 61.7 Å². The van der Waals surface area contributed by atoms with E-state index in [4.69, 9.17) is 17.3 Å². The van der Waals surface area contributed by atoms with Crippen molar-refractivity contribution in [3.8, 4) is 0 Å². The number of imidazole rings is 1. The Morgan fingerprint density at radius 2 is 2.16 bits per heavy atom. The number of halogens is 1. The van der Waals surface area contributed by atoms with Crippen molar-refractivity contribution in [3.05, 3.63) is 40.5 Å². The highest BCUT2D eigenvalue weighted by Gasteiger charge is 2.15. The van der Waals surface area contributed by atoms with E-state index in [1.165, 1.54) is 0 Å². The maximum Gasteiger partial charge on any atom is 0.202 e. The molecule has 0 spiro atoms. The van der Waals surface area contributed by atoms with E-state index in [0.29, 0.717) is 17.5 Å². The lowest BCUT2D eigenvalue weighted by atomic mass is 10.2. The van der Waals surface area contributed by atoms with Crippen molar-refractivity contribution in [1.82, 2.24) is 19.3 Å². The number of rotatable bonds is 2. The number of nitrogens with zero attached hydrogens (tertiary/aromatic N) is 4. The van der Waals surface area contributed by atoms with Gasteiger partial charge in [-0.2, -0.15) is 5.10 Å². The zero-order valence-corrected chi connectivity index (χ0v) is 11.5. The molecule has 0 aliphatic rings. The van der Waals surface area contributed by atoms with Gasteiger partial charge in [-0.3, -0.25) is 9.25 Å². The van der Waals surface area contributed by atoms with E-state index >= 15 is 0 Å². The summed E-state index contributed by atoms with van der Waals surface area (Å²) in [5.74, 6) is 0.492. The van der Waals surface area contributed by atoms with Crippen molar-refractivity contribution < 1.29 is 0 Å². The number of hydrogen-bond acceptors (Lipinski definition) is 3. The molecule has 0 saturated carbocycles. The Kier molecular flexibility index (Phi) is 2.71. The normalized spacial score (nSPS) is 11.3. The van der Waals surface area contributed by atoms with Crippen molar-refractivity contribution >= 4 is 28.7 Å². The molecule has 0 amide bonds. The van der Waals surface area contributed by atoms with Gasteiger partial charge in [0.15, 0.2) is 5.65 Å². The Labute approximate surface area is 115 Å². The number of nitrogen functional groups attached to an aromatic ring is 1. The molecule has 98 valence electrons. The Balaban J connectivity index is 2.12. The summed E-state index contributed by atoms with van der Waals surface area (Å²) < 4.78 is 3.75. The van der Waals surface area contributed by atoms with Gasteiger partial charge < -0.3 is 5.73 Å². The lowest BCUT2D eigenvalue weighted by molar-refractivity contribution is 0.726. The quantitative estimate of drug-likeness (QED) is 0.781. The fourth-order valence-corrected chi connectivity index (χ4v) is 2.54. The Morgan fingerprint density at radius 1 is 1.37 bits per heavy atom. The van der Waals surface area contributed by atoms with Crippen molar-refractivity contribution in [2.45, 2.75) is 13.5 Å². The number of benzene rings is 1. The van der Waals surface area contributed by atoms with E-state index in [9.17, 15) is 0 Å². The molecule has 0 aliphatic heterocycles. The van der Waals surface area contributed by atoms with E-state index in [2.05, 4.69) is 10.1 Å². The van der Waals surface area contributed by atoms with Gasteiger partial charge in [0, 0.05) is 12.1 Å². The SMILES string of the molecule is Cc1nn(C)c2c1nc(N)n2Cc1cccc(Cl)c1. The van der Waals surface area contributed by atoms with Crippen LogP contribution in [0.4, 0.5) is 5.95 Å². The standard InChI is InChI=1S/C13H14ClN5/c1-8-11-12(18(2)17-8)19(13(15)16-11)7-9-4-3-5-10(14)6-9/h3-6H,7H2,1-2H3,(H2,15,16). The van der Waals surface area contributed by atoms with Crippen molar-refractivity contribution in [3.63, 3.8) is 0 Å². The van der Waals surface area contributed by atoms with Crippen LogP contribution in [0.2, 0.25) is 5.02 Å². The Bertz CT molecular complexity index is 756. The molecule has 2 aromatic heterocycles. The average Bonchev–Trinajstić information content (AvgIpc) is 2.80. The molecule has 3 rings (SSSR count). The molecule has 0 atom stereocenters. The first-order valence-electron chi connectivity index (χ1n) is 5.96. The van der Waals surface area contributed by atoms with E-state index in [0.717, 1.165) is 22.4 Å². The highest BCUT2D eigenvalue weighted by molar-refractivity contribution is 6.30. The van der Waals surface area contributed by atoms with Crippen LogP contribution in [0.15, 0.2) is 24.3 Å². The largest absolute Gasteiger partial charge is 0.369 e. The lowest BCUT2D eigenvalue weighted by Crippen LogP contribution is -2.07. The van der Waals surface area contributed by atoms with E-state index in [1.807, 2.05) is 42.8 Å². The van der Waals surface area contributed by atoms with Crippen LogP contribution in [0.3, 0.4) is 0 Å². The molecule has 1 aromatic carbocycles. The maximum atomic E-state index is 6.00. The highest BCUT2D eigenvalue weighted by Crippen LogP contribution is 2.22. The molecule has 0 radical (unpaired) electrons. The first-order chi connectivity index (χ1) is 9.06. The molecule has 5 nitrogen and oxygen atoms in total. The van der Waals surface area contributed by atoms with Gasteiger partial charge in [0.05, 0.1) is 12.2 Å². The van der Waals surface area contributed by atoms with E-state index in [-0.39, 0.29) is 0 Å². The summed E-state index contributed by atoms with van der Waals surface area (Å²) in [6.45, 7) is 2.56. The van der Waals surface area contributed by atoms with Crippen LogP contribution in [-0.4, -0.2) is 19.3 Å². The van der Waals surface area contributed by atoms with Gasteiger partial charge in [0.2, 0.25) is 5.95 Å². The molecule has 19 heavy (non-hydrogen) atoms. The summed E-state index contributed by atoms with van der Waals surface area (Å²) in [7, 11) is 1.89. The smallest absolute Gasteiger partial charge is 0.202 e. The molecule has 6 heteroatoms. The first-order valence-corrected chi connectivity index (χ1v) is 6.34. The van der Waals surface area contributed by atoms with Crippen LogP contribution in [0.5, 0.6) is 0 Å². The van der Waals surface area contributed by atoms with E-state index < -0.39 is 0 Å². The number of aryl methyl sites for hydroxylation is 2. The van der Waals surface area contributed by atoms with Crippen LogP contribution < -0.4 is 5.73 Å². The molecule has 3 aromatic rings. The third-order valence-electron chi connectivity index (χ3n) is 3.15. The molecule has 0 aliphatic carbocycles. The molecular weight excluding hydrogens is 262 g/mol. The van der Waals surface area contributed by atoms with Crippen molar-refractivity contribution in [2.75, 3.05) is 5.73 Å². The Morgan fingerprint density at radius 3 is 2.89 bits per heavy atom. The van der Waals surface area contributed by atoms with Crippen molar-refractivity contribution in [2.24, 2.45) is 7.05 Å². The van der Waals surface area contributed by atoms with Gasteiger partial charge in [-0.25, -0.2) is 4.98 Å². The third kappa shape index (κ3) is 1.96.